The monoisotopic (exact) mass is 292 g/mol. The first-order valence-electron chi connectivity index (χ1n) is 6.03. The highest BCUT2D eigenvalue weighted by molar-refractivity contribution is 7.92. The summed E-state index contributed by atoms with van der Waals surface area (Å²) in [6.45, 7) is 0.370. The third-order valence-corrected chi connectivity index (χ3v) is 4.03. The Hall–Kier alpha value is -2.08. The van der Waals surface area contributed by atoms with Gasteiger partial charge in [-0.2, -0.15) is 0 Å². The van der Waals surface area contributed by atoms with Crippen molar-refractivity contribution >= 4 is 15.7 Å². The lowest BCUT2D eigenvalue weighted by Crippen LogP contribution is -2.25. The Morgan fingerprint density at radius 3 is 2.55 bits per heavy atom. The number of nitrogens with zero attached hydrogens (tertiary/aromatic N) is 2. The van der Waals surface area contributed by atoms with Gasteiger partial charge in [0.15, 0.2) is 0 Å². The Morgan fingerprint density at radius 2 is 1.90 bits per heavy atom. The van der Waals surface area contributed by atoms with E-state index in [1.165, 1.54) is 13.2 Å². The van der Waals surface area contributed by atoms with Crippen molar-refractivity contribution < 1.29 is 13.2 Å². The standard InChI is InChI=1S/C14H16N2O3S/c1-16(20(2,17)18)13-10-15-9-8-14(13)19-11-12-6-4-3-5-7-12/h3-10H,11H2,1-2H3. The van der Waals surface area contributed by atoms with Gasteiger partial charge in [-0.05, 0) is 5.56 Å². The zero-order chi connectivity index (χ0) is 14.6. The summed E-state index contributed by atoms with van der Waals surface area (Å²) in [7, 11) is -1.87. The molecule has 106 valence electrons. The zero-order valence-electron chi connectivity index (χ0n) is 11.4. The molecule has 2 rings (SSSR count). The zero-order valence-corrected chi connectivity index (χ0v) is 12.2. The lowest BCUT2D eigenvalue weighted by Gasteiger charge is -2.19. The van der Waals surface area contributed by atoms with Gasteiger partial charge in [0, 0.05) is 19.3 Å². The van der Waals surface area contributed by atoms with Crippen LogP contribution in [0.3, 0.4) is 0 Å². The first-order valence-corrected chi connectivity index (χ1v) is 7.88. The summed E-state index contributed by atoms with van der Waals surface area (Å²) in [5.41, 5.74) is 1.43. The van der Waals surface area contributed by atoms with Crippen molar-refractivity contribution in [3.05, 3.63) is 54.4 Å². The van der Waals surface area contributed by atoms with E-state index in [4.69, 9.17) is 4.74 Å². The maximum absolute atomic E-state index is 11.6. The molecule has 0 radical (unpaired) electrons. The van der Waals surface area contributed by atoms with E-state index in [1.54, 1.807) is 12.3 Å². The smallest absolute Gasteiger partial charge is 0.232 e. The molecule has 6 heteroatoms. The highest BCUT2D eigenvalue weighted by atomic mass is 32.2. The van der Waals surface area contributed by atoms with Gasteiger partial charge in [0.1, 0.15) is 18.0 Å². The SMILES string of the molecule is CN(c1cnccc1OCc1ccccc1)S(C)(=O)=O. The predicted octanol–water partition coefficient (Wildman–Crippen LogP) is 2.06. The van der Waals surface area contributed by atoms with Crippen molar-refractivity contribution in [2.45, 2.75) is 6.61 Å². The van der Waals surface area contributed by atoms with Crippen LogP contribution in [-0.4, -0.2) is 26.7 Å². The van der Waals surface area contributed by atoms with Gasteiger partial charge in [0.2, 0.25) is 10.0 Å². The summed E-state index contributed by atoms with van der Waals surface area (Å²) in [6.07, 6.45) is 4.18. The fourth-order valence-electron chi connectivity index (χ4n) is 1.65. The lowest BCUT2D eigenvalue weighted by atomic mass is 10.2. The third-order valence-electron chi connectivity index (χ3n) is 2.84. The fourth-order valence-corrected chi connectivity index (χ4v) is 2.14. The number of sulfonamides is 1. The summed E-state index contributed by atoms with van der Waals surface area (Å²) in [5.74, 6) is 0.483. The van der Waals surface area contributed by atoms with Crippen molar-refractivity contribution in [2.75, 3.05) is 17.6 Å². The van der Waals surface area contributed by atoms with E-state index in [0.717, 1.165) is 16.1 Å². The van der Waals surface area contributed by atoms with Crippen molar-refractivity contribution in [3.8, 4) is 5.75 Å². The van der Waals surface area contributed by atoms with E-state index >= 15 is 0 Å². The van der Waals surface area contributed by atoms with Crippen LogP contribution in [0, 0.1) is 0 Å². The number of anilines is 1. The van der Waals surface area contributed by atoms with Gasteiger partial charge in [-0.1, -0.05) is 30.3 Å². The van der Waals surface area contributed by atoms with Crippen LogP contribution in [0.15, 0.2) is 48.8 Å². The number of hydrogen-bond donors (Lipinski definition) is 0. The molecule has 20 heavy (non-hydrogen) atoms. The van der Waals surface area contributed by atoms with Crippen molar-refractivity contribution in [3.63, 3.8) is 0 Å². The number of rotatable bonds is 5. The van der Waals surface area contributed by atoms with E-state index in [-0.39, 0.29) is 0 Å². The van der Waals surface area contributed by atoms with Gasteiger partial charge < -0.3 is 4.74 Å². The average Bonchev–Trinajstić information content (AvgIpc) is 2.45. The minimum absolute atomic E-state index is 0.370. The van der Waals surface area contributed by atoms with Crippen LogP contribution in [0.4, 0.5) is 5.69 Å². The van der Waals surface area contributed by atoms with E-state index in [0.29, 0.717) is 18.0 Å². The molecule has 1 aromatic heterocycles. The van der Waals surface area contributed by atoms with Gasteiger partial charge >= 0.3 is 0 Å². The van der Waals surface area contributed by atoms with Crippen molar-refractivity contribution in [1.82, 2.24) is 4.98 Å². The average molecular weight is 292 g/mol. The van der Waals surface area contributed by atoms with Crippen molar-refractivity contribution in [2.24, 2.45) is 0 Å². The Kier molecular flexibility index (Phi) is 4.24. The van der Waals surface area contributed by atoms with Crippen LogP contribution in [0.25, 0.3) is 0 Å². The maximum atomic E-state index is 11.6. The molecule has 1 aromatic carbocycles. The second kappa shape index (κ2) is 5.92. The lowest BCUT2D eigenvalue weighted by molar-refractivity contribution is 0.307. The number of benzene rings is 1. The maximum Gasteiger partial charge on any atom is 0.232 e. The normalized spacial score (nSPS) is 11.1. The highest BCUT2D eigenvalue weighted by Gasteiger charge is 2.16. The summed E-state index contributed by atoms with van der Waals surface area (Å²) >= 11 is 0. The molecular weight excluding hydrogens is 276 g/mol. The Morgan fingerprint density at radius 1 is 1.20 bits per heavy atom. The molecule has 0 saturated heterocycles. The van der Waals surface area contributed by atoms with Crippen LogP contribution >= 0.6 is 0 Å². The minimum atomic E-state index is -3.35. The number of pyridine rings is 1. The molecule has 0 aliphatic carbocycles. The quantitative estimate of drug-likeness (QED) is 0.846. The molecule has 0 bridgehead atoms. The molecule has 2 aromatic rings. The molecule has 0 unspecified atom stereocenters. The molecule has 5 nitrogen and oxygen atoms in total. The molecule has 0 spiro atoms. The fraction of sp³-hybridized carbons (Fsp3) is 0.214. The topological polar surface area (TPSA) is 59.5 Å². The summed E-state index contributed by atoms with van der Waals surface area (Å²) in [4.78, 5) is 3.95. The van der Waals surface area contributed by atoms with E-state index in [9.17, 15) is 8.42 Å². The van der Waals surface area contributed by atoms with E-state index < -0.39 is 10.0 Å². The summed E-state index contributed by atoms with van der Waals surface area (Å²) in [6, 6.07) is 11.3. The van der Waals surface area contributed by atoms with Gasteiger partial charge in [0.05, 0.1) is 12.5 Å². The highest BCUT2D eigenvalue weighted by Crippen LogP contribution is 2.28. The second-order valence-electron chi connectivity index (χ2n) is 4.35. The number of hydrogen-bond acceptors (Lipinski definition) is 4. The molecule has 0 atom stereocenters. The van der Waals surface area contributed by atoms with Crippen LogP contribution in [0.5, 0.6) is 5.75 Å². The Bertz CT molecular complexity index is 672. The molecule has 0 saturated carbocycles. The molecule has 1 heterocycles. The Balaban J connectivity index is 2.21. The predicted molar refractivity (Wildman–Crippen MR) is 78.3 cm³/mol. The van der Waals surface area contributed by atoms with Crippen molar-refractivity contribution in [1.29, 1.82) is 0 Å². The van der Waals surface area contributed by atoms with Gasteiger partial charge in [-0.25, -0.2) is 8.42 Å². The van der Waals surface area contributed by atoms with Gasteiger partial charge in [-0.15, -0.1) is 0 Å². The number of ether oxygens (including phenoxy) is 1. The largest absolute Gasteiger partial charge is 0.487 e. The van der Waals surface area contributed by atoms with Gasteiger partial charge in [0.25, 0.3) is 0 Å². The second-order valence-corrected chi connectivity index (χ2v) is 6.36. The van der Waals surface area contributed by atoms with E-state index in [2.05, 4.69) is 4.98 Å². The number of aromatic nitrogens is 1. The van der Waals surface area contributed by atoms with Crippen LogP contribution in [0.1, 0.15) is 5.56 Å². The first kappa shape index (κ1) is 14.3. The third kappa shape index (κ3) is 3.48. The molecule has 0 N–H and O–H groups in total. The minimum Gasteiger partial charge on any atom is -0.487 e. The molecule has 0 aliphatic rings. The van der Waals surface area contributed by atoms with E-state index in [1.807, 2.05) is 30.3 Å². The summed E-state index contributed by atoms with van der Waals surface area (Å²) in [5, 5.41) is 0. The van der Waals surface area contributed by atoms with Crippen LogP contribution in [0.2, 0.25) is 0 Å². The Labute approximate surface area is 118 Å². The molecular formula is C14H16N2O3S. The van der Waals surface area contributed by atoms with Crippen LogP contribution < -0.4 is 9.04 Å². The molecule has 0 aliphatic heterocycles. The van der Waals surface area contributed by atoms with Gasteiger partial charge in [-0.3, -0.25) is 9.29 Å². The van der Waals surface area contributed by atoms with Crippen LogP contribution in [-0.2, 0) is 16.6 Å². The molecule has 0 amide bonds. The first-order chi connectivity index (χ1) is 9.48. The molecule has 0 fully saturated rings. The summed E-state index contributed by atoms with van der Waals surface area (Å²) < 4.78 is 30.0.